The first-order chi connectivity index (χ1) is 10.9. The Bertz CT molecular complexity index is 594. The number of allylic oxidation sites excluding steroid dienone is 3. The highest BCUT2D eigenvalue weighted by Gasteiger charge is 2.15. The van der Waals surface area contributed by atoms with Crippen molar-refractivity contribution in [2.45, 2.75) is 48.5 Å². The number of aromatic nitrogens is 1. The van der Waals surface area contributed by atoms with E-state index in [4.69, 9.17) is 4.74 Å². The molecule has 4 nitrogen and oxygen atoms in total. The molecule has 0 spiro atoms. The minimum Gasteiger partial charge on any atom is -0.444 e. The molecule has 0 aliphatic rings. The Morgan fingerprint density at radius 2 is 1.96 bits per heavy atom. The number of hydrogen-bond acceptors (Lipinski definition) is 4. The van der Waals surface area contributed by atoms with Crippen molar-refractivity contribution in [1.29, 1.82) is 0 Å². The number of nitrogens with one attached hydrogen (secondary N) is 1. The van der Waals surface area contributed by atoms with Crippen LogP contribution in [0.25, 0.3) is 5.57 Å². The third-order valence-electron chi connectivity index (χ3n) is 2.85. The second-order valence-electron chi connectivity index (χ2n) is 4.98. The molecule has 0 unspecified atom stereocenters. The van der Waals surface area contributed by atoms with E-state index in [1.807, 2.05) is 60.6 Å². The number of rotatable bonds is 5. The minimum absolute atomic E-state index is 0.248. The van der Waals surface area contributed by atoms with Crippen LogP contribution >= 0.6 is 11.5 Å². The number of aryl methyl sites for hydroxylation is 1. The summed E-state index contributed by atoms with van der Waals surface area (Å²) in [7, 11) is 0. The SMILES string of the molecule is C=C(C)c1snc(C)c1NC(=O)OCC(/C=C\C)=C(C)C.CC. The van der Waals surface area contributed by atoms with E-state index in [-0.39, 0.29) is 6.61 Å². The average molecular weight is 337 g/mol. The summed E-state index contributed by atoms with van der Waals surface area (Å²) >= 11 is 1.32. The van der Waals surface area contributed by atoms with Crippen LogP contribution in [0.5, 0.6) is 0 Å². The Balaban J connectivity index is 0.00000232. The third kappa shape index (κ3) is 6.82. The molecule has 0 fully saturated rings. The van der Waals surface area contributed by atoms with E-state index in [1.54, 1.807) is 0 Å². The highest BCUT2D eigenvalue weighted by molar-refractivity contribution is 7.07. The Kier molecular flexibility index (Phi) is 9.90. The lowest BCUT2D eigenvalue weighted by Gasteiger charge is -2.10. The fourth-order valence-electron chi connectivity index (χ4n) is 1.65. The van der Waals surface area contributed by atoms with Crippen molar-refractivity contribution in [3.8, 4) is 0 Å². The van der Waals surface area contributed by atoms with Gasteiger partial charge in [0, 0.05) is 0 Å². The third-order valence-corrected chi connectivity index (χ3v) is 3.95. The first-order valence-electron chi connectivity index (χ1n) is 7.71. The lowest BCUT2D eigenvalue weighted by molar-refractivity contribution is 0.172. The number of carbonyl (C=O) groups is 1. The predicted octanol–water partition coefficient (Wildman–Crippen LogP) is 5.97. The maximum Gasteiger partial charge on any atom is 0.412 e. The topological polar surface area (TPSA) is 51.2 Å². The number of carbonyl (C=O) groups excluding carboxylic acids is 1. The molecule has 128 valence electrons. The van der Waals surface area contributed by atoms with Crippen LogP contribution in [0.1, 0.15) is 52.1 Å². The highest BCUT2D eigenvalue weighted by atomic mass is 32.1. The fourth-order valence-corrected chi connectivity index (χ4v) is 2.42. The molecule has 5 heteroatoms. The molecule has 0 aromatic carbocycles. The van der Waals surface area contributed by atoms with Crippen LogP contribution in [0, 0.1) is 6.92 Å². The van der Waals surface area contributed by atoms with Crippen molar-refractivity contribution in [2.24, 2.45) is 0 Å². The van der Waals surface area contributed by atoms with E-state index >= 15 is 0 Å². The molecule has 1 amide bonds. The molecule has 0 bridgehead atoms. The standard InChI is InChI=1S/C16H22N2O2S.C2H6/c1-7-8-13(10(2)3)9-20-16(19)17-14-12(6)18-21-15(14)11(4)5;1-2/h7-8H,4,9H2,1-3,5-6H3,(H,17,19);1-2H3/b8-7-;. The molecule has 0 saturated carbocycles. The number of ether oxygens (including phenoxy) is 1. The van der Waals surface area contributed by atoms with E-state index in [0.29, 0.717) is 5.69 Å². The summed E-state index contributed by atoms with van der Waals surface area (Å²) in [6.07, 6.45) is 3.39. The molecule has 0 aliphatic heterocycles. The molecule has 0 atom stereocenters. The Morgan fingerprint density at radius 1 is 1.35 bits per heavy atom. The molecule has 0 saturated heterocycles. The van der Waals surface area contributed by atoms with Crippen LogP contribution in [0.3, 0.4) is 0 Å². The van der Waals surface area contributed by atoms with Gasteiger partial charge in [0.25, 0.3) is 0 Å². The van der Waals surface area contributed by atoms with Crippen molar-refractivity contribution in [2.75, 3.05) is 11.9 Å². The van der Waals surface area contributed by atoms with E-state index in [1.165, 1.54) is 11.5 Å². The summed E-state index contributed by atoms with van der Waals surface area (Å²) < 4.78 is 9.50. The molecule has 1 aromatic heterocycles. The quantitative estimate of drug-likeness (QED) is 0.674. The second kappa shape index (κ2) is 10.8. The number of amides is 1. The highest BCUT2D eigenvalue weighted by Crippen LogP contribution is 2.30. The summed E-state index contributed by atoms with van der Waals surface area (Å²) in [5.74, 6) is 0. The van der Waals surface area contributed by atoms with Gasteiger partial charge in [-0.3, -0.25) is 5.32 Å². The zero-order valence-electron chi connectivity index (χ0n) is 15.2. The fraction of sp³-hybridized carbons (Fsp3) is 0.444. The Morgan fingerprint density at radius 3 is 2.43 bits per heavy atom. The van der Waals surface area contributed by atoms with Gasteiger partial charge in [-0.05, 0) is 57.3 Å². The van der Waals surface area contributed by atoms with Gasteiger partial charge in [0.05, 0.1) is 16.3 Å². The van der Waals surface area contributed by atoms with Crippen molar-refractivity contribution >= 4 is 28.9 Å². The largest absolute Gasteiger partial charge is 0.444 e. The molecule has 1 N–H and O–H groups in total. The molecule has 0 radical (unpaired) electrons. The lowest BCUT2D eigenvalue weighted by atomic mass is 10.1. The van der Waals surface area contributed by atoms with E-state index in [9.17, 15) is 4.79 Å². The number of hydrogen-bond donors (Lipinski definition) is 1. The van der Waals surface area contributed by atoms with Gasteiger partial charge in [-0.25, -0.2) is 4.79 Å². The summed E-state index contributed by atoms with van der Waals surface area (Å²) in [4.78, 5) is 12.8. The van der Waals surface area contributed by atoms with Crippen LogP contribution in [-0.4, -0.2) is 17.1 Å². The minimum atomic E-state index is -0.482. The van der Waals surface area contributed by atoms with Gasteiger partial charge in [0.2, 0.25) is 0 Å². The molecule has 0 aliphatic carbocycles. The van der Waals surface area contributed by atoms with Crippen molar-refractivity contribution in [3.63, 3.8) is 0 Å². The van der Waals surface area contributed by atoms with Gasteiger partial charge in [-0.15, -0.1) is 0 Å². The van der Waals surface area contributed by atoms with Crippen LogP contribution in [0.2, 0.25) is 0 Å². The molecule has 1 aromatic rings. The van der Waals surface area contributed by atoms with Gasteiger partial charge < -0.3 is 4.74 Å². The molecular formula is C18H28N2O2S. The monoisotopic (exact) mass is 336 g/mol. The normalized spacial score (nSPS) is 9.87. The molecule has 1 heterocycles. The van der Waals surface area contributed by atoms with Crippen LogP contribution < -0.4 is 5.32 Å². The number of nitrogens with zero attached hydrogens (tertiary/aromatic N) is 1. The Hall–Kier alpha value is -1.88. The van der Waals surface area contributed by atoms with Crippen molar-refractivity contribution in [1.82, 2.24) is 4.37 Å². The zero-order chi connectivity index (χ0) is 18.0. The lowest BCUT2D eigenvalue weighted by Crippen LogP contribution is -2.16. The van der Waals surface area contributed by atoms with Gasteiger partial charge in [-0.1, -0.05) is 38.2 Å². The van der Waals surface area contributed by atoms with Gasteiger partial charge in [-0.2, -0.15) is 4.37 Å². The Labute approximate surface area is 144 Å². The molecule has 1 rings (SSSR count). The maximum atomic E-state index is 11.9. The zero-order valence-corrected chi connectivity index (χ0v) is 16.1. The van der Waals surface area contributed by atoms with Crippen LogP contribution in [0.4, 0.5) is 10.5 Å². The summed E-state index contributed by atoms with van der Waals surface area (Å²) in [5, 5.41) is 2.76. The summed E-state index contributed by atoms with van der Waals surface area (Å²) in [6.45, 7) is 17.8. The molecule has 23 heavy (non-hydrogen) atoms. The van der Waals surface area contributed by atoms with E-state index in [2.05, 4.69) is 16.3 Å². The number of anilines is 1. The first kappa shape index (κ1) is 21.1. The molecular weight excluding hydrogens is 308 g/mol. The maximum absolute atomic E-state index is 11.9. The first-order valence-corrected chi connectivity index (χ1v) is 8.49. The van der Waals surface area contributed by atoms with Gasteiger partial charge in [0.15, 0.2) is 0 Å². The predicted molar refractivity (Wildman–Crippen MR) is 101 cm³/mol. The second-order valence-corrected chi connectivity index (χ2v) is 5.75. The average Bonchev–Trinajstić information content (AvgIpc) is 2.86. The smallest absolute Gasteiger partial charge is 0.412 e. The van der Waals surface area contributed by atoms with Gasteiger partial charge >= 0.3 is 6.09 Å². The van der Waals surface area contributed by atoms with Crippen molar-refractivity contribution < 1.29 is 9.53 Å². The van der Waals surface area contributed by atoms with Gasteiger partial charge in [0.1, 0.15) is 6.61 Å². The van der Waals surface area contributed by atoms with Crippen LogP contribution in [0.15, 0.2) is 29.9 Å². The van der Waals surface area contributed by atoms with E-state index in [0.717, 1.165) is 27.3 Å². The van der Waals surface area contributed by atoms with Crippen molar-refractivity contribution in [3.05, 3.63) is 40.4 Å². The van der Waals surface area contributed by atoms with E-state index < -0.39 is 6.09 Å². The van der Waals surface area contributed by atoms with Crippen LogP contribution in [-0.2, 0) is 4.74 Å². The summed E-state index contributed by atoms with van der Waals surface area (Å²) in [6, 6.07) is 0. The summed E-state index contributed by atoms with van der Waals surface area (Å²) in [5.41, 5.74) is 4.44.